The zero-order chi connectivity index (χ0) is 7.98. The lowest BCUT2D eigenvalue weighted by Gasteiger charge is -2.12. The molecule has 2 nitrogen and oxygen atoms in total. The number of carbonyl (C=O) groups is 1. The van der Waals surface area contributed by atoms with Crippen molar-refractivity contribution in [3.8, 4) is 0 Å². The van der Waals surface area contributed by atoms with Gasteiger partial charge in [0, 0.05) is 6.92 Å². The lowest BCUT2D eigenvalue weighted by Crippen LogP contribution is -2.14. The molecule has 0 N–H and O–H groups in total. The Bertz CT molecular complexity index is 99.4. The number of hydrogen-bond acceptors (Lipinski definition) is 2. The van der Waals surface area contributed by atoms with Crippen molar-refractivity contribution >= 4 is 5.97 Å². The van der Waals surface area contributed by atoms with Gasteiger partial charge in [0.25, 0.3) is 0 Å². The summed E-state index contributed by atoms with van der Waals surface area (Å²) < 4.78 is 5.00. The molecule has 10 heavy (non-hydrogen) atoms. The summed E-state index contributed by atoms with van der Waals surface area (Å²) in [5.41, 5.74) is 0. The third-order valence-electron chi connectivity index (χ3n) is 1.40. The zero-order valence-corrected chi connectivity index (χ0v) is 7.02. The third kappa shape index (κ3) is 4.36. The monoisotopic (exact) mass is 144 g/mol. The van der Waals surface area contributed by atoms with Crippen LogP contribution in [-0.2, 0) is 9.53 Å². The average Bonchev–Trinajstić information content (AvgIpc) is 1.86. The minimum absolute atomic E-state index is 0.141. The summed E-state index contributed by atoms with van der Waals surface area (Å²) in [7, 11) is 0. The SMILES string of the molecule is CCC[C@@H](CC)OC(C)=O. The molecule has 0 aliphatic carbocycles. The first kappa shape index (κ1) is 9.47. The van der Waals surface area contributed by atoms with Crippen LogP contribution in [0.4, 0.5) is 0 Å². The van der Waals surface area contributed by atoms with E-state index in [1.165, 1.54) is 6.92 Å². The van der Waals surface area contributed by atoms with Crippen molar-refractivity contribution in [3.05, 3.63) is 0 Å². The molecule has 0 aliphatic rings. The van der Waals surface area contributed by atoms with E-state index in [1.54, 1.807) is 0 Å². The highest BCUT2D eigenvalue weighted by Gasteiger charge is 2.06. The van der Waals surface area contributed by atoms with Gasteiger partial charge in [-0.2, -0.15) is 0 Å². The highest BCUT2D eigenvalue weighted by Crippen LogP contribution is 2.05. The zero-order valence-electron chi connectivity index (χ0n) is 7.02. The highest BCUT2D eigenvalue weighted by molar-refractivity contribution is 5.66. The largest absolute Gasteiger partial charge is 0.463 e. The molecule has 0 aromatic carbocycles. The van der Waals surface area contributed by atoms with Gasteiger partial charge < -0.3 is 4.74 Å². The molecule has 0 spiro atoms. The van der Waals surface area contributed by atoms with Crippen LogP contribution in [0.3, 0.4) is 0 Å². The Morgan fingerprint density at radius 2 is 2.10 bits per heavy atom. The van der Waals surface area contributed by atoms with Gasteiger partial charge in [-0.15, -0.1) is 0 Å². The van der Waals surface area contributed by atoms with Crippen LogP contribution in [0.1, 0.15) is 40.0 Å². The Morgan fingerprint density at radius 1 is 1.50 bits per heavy atom. The highest BCUT2D eigenvalue weighted by atomic mass is 16.5. The molecule has 0 fully saturated rings. The van der Waals surface area contributed by atoms with Crippen LogP contribution in [0.25, 0.3) is 0 Å². The maximum atomic E-state index is 10.5. The van der Waals surface area contributed by atoms with Crippen molar-refractivity contribution in [3.63, 3.8) is 0 Å². The Morgan fingerprint density at radius 3 is 2.40 bits per heavy atom. The summed E-state index contributed by atoms with van der Waals surface area (Å²) in [5.74, 6) is -0.166. The second-order valence-electron chi connectivity index (χ2n) is 2.43. The van der Waals surface area contributed by atoms with E-state index in [4.69, 9.17) is 4.74 Å². The molecule has 0 rings (SSSR count). The molecule has 0 aromatic heterocycles. The van der Waals surface area contributed by atoms with E-state index in [9.17, 15) is 4.79 Å². The van der Waals surface area contributed by atoms with E-state index >= 15 is 0 Å². The van der Waals surface area contributed by atoms with E-state index in [0.29, 0.717) is 0 Å². The minimum atomic E-state index is -0.166. The molecule has 0 heterocycles. The summed E-state index contributed by atoms with van der Waals surface area (Å²) in [6, 6.07) is 0. The first-order valence-electron chi connectivity index (χ1n) is 3.87. The maximum absolute atomic E-state index is 10.5. The summed E-state index contributed by atoms with van der Waals surface area (Å²) in [6.45, 7) is 5.58. The van der Waals surface area contributed by atoms with Crippen molar-refractivity contribution in [1.82, 2.24) is 0 Å². The molecule has 2 heteroatoms. The van der Waals surface area contributed by atoms with Gasteiger partial charge in [0.1, 0.15) is 6.10 Å². The van der Waals surface area contributed by atoms with Crippen LogP contribution >= 0.6 is 0 Å². The molecule has 0 bridgehead atoms. The lowest BCUT2D eigenvalue weighted by molar-refractivity contribution is -0.146. The van der Waals surface area contributed by atoms with E-state index in [1.807, 2.05) is 6.92 Å². The number of hydrogen-bond donors (Lipinski definition) is 0. The Hall–Kier alpha value is -0.530. The fourth-order valence-corrected chi connectivity index (χ4v) is 0.903. The molecule has 60 valence electrons. The number of esters is 1. The number of ether oxygens (including phenoxy) is 1. The molecule has 0 aliphatic heterocycles. The van der Waals surface area contributed by atoms with Gasteiger partial charge in [0.2, 0.25) is 0 Å². The fraction of sp³-hybridized carbons (Fsp3) is 0.875. The Kier molecular flexibility index (Phi) is 4.99. The van der Waals surface area contributed by atoms with E-state index in [-0.39, 0.29) is 12.1 Å². The second-order valence-corrected chi connectivity index (χ2v) is 2.43. The summed E-state index contributed by atoms with van der Waals surface area (Å²) >= 11 is 0. The van der Waals surface area contributed by atoms with Gasteiger partial charge >= 0.3 is 5.97 Å². The van der Waals surface area contributed by atoms with Crippen LogP contribution in [0, 0.1) is 0 Å². The molecule has 0 radical (unpaired) electrons. The standard InChI is InChI=1S/C8H16O2/c1-4-6-8(5-2)10-7(3)9/h8H,4-6H2,1-3H3/t8-/m1/s1. The maximum Gasteiger partial charge on any atom is 0.302 e. The topological polar surface area (TPSA) is 26.3 Å². The quantitative estimate of drug-likeness (QED) is 0.565. The molecule has 1 atom stereocenters. The third-order valence-corrected chi connectivity index (χ3v) is 1.40. The number of rotatable bonds is 4. The van der Waals surface area contributed by atoms with Gasteiger partial charge in [-0.3, -0.25) is 4.79 Å². The van der Waals surface area contributed by atoms with Gasteiger partial charge in [-0.1, -0.05) is 20.3 Å². The predicted octanol–water partition coefficient (Wildman–Crippen LogP) is 2.13. The van der Waals surface area contributed by atoms with E-state index in [2.05, 4.69) is 6.92 Å². The molecule has 0 saturated heterocycles. The summed E-state index contributed by atoms with van der Waals surface area (Å²) in [6.07, 6.45) is 3.12. The van der Waals surface area contributed by atoms with E-state index < -0.39 is 0 Å². The smallest absolute Gasteiger partial charge is 0.302 e. The predicted molar refractivity (Wildman–Crippen MR) is 40.8 cm³/mol. The first-order valence-corrected chi connectivity index (χ1v) is 3.87. The normalized spacial score (nSPS) is 12.7. The van der Waals surface area contributed by atoms with Crippen LogP contribution in [-0.4, -0.2) is 12.1 Å². The molecule has 0 amide bonds. The molecular weight excluding hydrogens is 128 g/mol. The van der Waals surface area contributed by atoms with E-state index in [0.717, 1.165) is 19.3 Å². The van der Waals surface area contributed by atoms with Crippen LogP contribution in [0.15, 0.2) is 0 Å². The Balaban J connectivity index is 3.49. The molecule has 0 aromatic rings. The van der Waals surface area contributed by atoms with Crippen molar-refractivity contribution in [1.29, 1.82) is 0 Å². The number of carbonyl (C=O) groups excluding carboxylic acids is 1. The second kappa shape index (κ2) is 5.27. The van der Waals surface area contributed by atoms with Crippen molar-refractivity contribution in [2.24, 2.45) is 0 Å². The molecule has 0 unspecified atom stereocenters. The Labute approximate surface area is 62.6 Å². The van der Waals surface area contributed by atoms with Gasteiger partial charge in [0.15, 0.2) is 0 Å². The molecular formula is C8H16O2. The van der Waals surface area contributed by atoms with Crippen LogP contribution in [0.5, 0.6) is 0 Å². The lowest BCUT2D eigenvalue weighted by atomic mass is 10.2. The van der Waals surface area contributed by atoms with Crippen LogP contribution in [0.2, 0.25) is 0 Å². The van der Waals surface area contributed by atoms with Crippen LogP contribution < -0.4 is 0 Å². The first-order chi connectivity index (χ1) is 4.70. The molecule has 0 saturated carbocycles. The van der Waals surface area contributed by atoms with Crippen molar-refractivity contribution in [2.75, 3.05) is 0 Å². The average molecular weight is 144 g/mol. The van der Waals surface area contributed by atoms with Gasteiger partial charge in [-0.25, -0.2) is 0 Å². The minimum Gasteiger partial charge on any atom is -0.463 e. The van der Waals surface area contributed by atoms with Crippen molar-refractivity contribution < 1.29 is 9.53 Å². The summed E-state index contributed by atoms with van der Waals surface area (Å²) in [4.78, 5) is 10.5. The summed E-state index contributed by atoms with van der Waals surface area (Å²) in [5, 5.41) is 0. The fourth-order valence-electron chi connectivity index (χ4n) is 0.903. The van der Waals surface area contributed by atoms with Gasteiger partial charge in [0.05, 0.1) is 0 Å². The van der Waals surface area contributed by atoms with Crippen molar-refractivity contribution in [2.45, 2.75) is 46.1 Å². The van der Waals surface area contributed by atoms with Gasteiger partial charge in [-0.05, 0) is 12.8 Å².